The van der Waals surface area contributed by atoms with E-state index in [1.54, 1.807) is 0 Å². The van der Waals surface area contributed by atoms with E-state index >= 15 is 0 Å². The highest BCUT2D eigenvalue weighted by molar-refractivity contribution is 5.76. The summed E-state index contributed by atoms with van der Waals surface area (Å²) in [6.45, 7) is -0.0343. The van der Waals surface area contributed by atoms with Gasteiger partial charge in [0.15, 0.2) is 17.5 Å². The third-order valence-corrected chi connectivity index (χ3v) is 5.00. The van der Waals surface area contributed by atoms with E-state index < -0.39 is 35.4 Å². The molecule has 0 spiro atoms. The first-order valence-electron chi connectivity index (χ1n) is 9.20. The molecular weight excluding hydrogens is 416 g/mol. The van der Waals surface area contributed by atoms with Crippen LogP contribution in [0, 0.1) is 23.4 Å². The van der Waals surface area contributed by atoms with Crippen LogP contribution in [-0.4, -0.2) is 38.7 Å². The fraction of sp³-hybridized carbons (Fsp3) is 0.500. The van der Waals surface area contributed by atoms with Gasteiger partial charge in [0, 0.05) is 25.6 Å². The van der Waals surface area contributed by atoms with Gasteiger partial charge in [0.05, 0.1) is 6.54 Å². The van der Waals surface area contributed by atoms with Gasteiger partial charge in [-0.15, -0.1) is 10.2 Å². The molecule has 3 rings (SSSR count). The molecule has 1 aromatic heterocycles. The molecule has 12 heteroatoms. The minimum atomic E-state index is -4.64. The van der Waals surface area contributed by atoms with Crippen LogP contribution in [0.4, 0.5) is 26.3 Å². The Bertz CT molecular complexity index is 929. The van der Waals surface area contributed by atoms with Crippen molar-refractivity contribution in [1.29, 1.82) is 0 Å². The van der Waals surface area contributed by atoms with Gasteiger partial charge < -0.3 is 15.2 Å². The number of alkyl halides is 3. The first-order valence-corrected chi connectivity index (χ1v) is 9.20. The molecule has 1 unspecified atom stereocenters. The van der Waals surface area contributed by atoms with Crippen molar-refractivity contribution in [3.05, 3.63) is 46.8 Å². The number of amides is 1. The molecule has 0 aliphatic carbocycles. The van der Waals surface area contributed by atoms with E-state index in [2.05, 4.69) is 10.2 Å². The lowest BCUT2D eigenvalue weighted by atomic mass is 9.92. The van der Waals surface area contributed by atoms with Crippen LogP contribution in [0.1, 0.15) is 30.1 Å². The maximum Gasteiger partial charge on any atom is 0.451 e. The molecule has 0 radical (unpaired) electrons. The van der Waals surface area contributed by atoms with Crippen molar-refractivity contribution >= 4 is 5.91 Å². The molecule has 30 heavy (non-hydrogen) atoms. The molecule has 1 aliphatic rings. The van der Waals surface area contributed by atoms with Crippen LogP contribution in [-0.2, 0) is 30.5 Å². The number of hydrogen-bond acceptors (Lipinski definition) is 4. The van der Waals surface area contributed by atoms with Gasteiger partial charge in [0.2, 0.25) is 11.7 Å². The lowest BCUT2D eigenvalue weighted by molar-refractivity contribution is -0.148. The molecule has 1 amide bonds. The number of nitrogens with two attached hydrogens (primary N) is 1. The number of rotatable bonds is 6. The number of carbonyl (C=O) groups excluding carboxylic acids is 1. The Morgan fingerprint density at radius 2 is 1.80 bits per heavy atom. The van der Waals surface area contributed by atoms with Gasteiger partial charge in [-0.2, -0.15) is 13.2 Å². The Labute approximate surface area is 167 Å². The van der Waals surface area contributed by atoms with Gasteiger partial charge in [0.1, 0.15) is 5.82 Å². The predicted molar refractivity (Wildman–Crippen MR) is 92.2 cm³/mol. The molecule has 6 nitrogen and oxygen atoms in total. The van der Waals surface area contributed by atoms with Crippen molar-refractivity contribution in [2.45, 2.75) is 38.5 Å². The second-order valence-corrected chi connectivity index (χ2v) is 7.11. The van der Waals surface area contributed by atoms with Crippen LogP contribution in [0.5, 0.6) is 0 Å². The Morgan fingerprint density at radius 3 is 2.47 bits per heavy atom. The number of fused-ring (bicyclic) bond motifs is 1. The summed E-state index contributed by atoms with van der Waals surface area (Å²) < 4.78 is 80.2. The Balaban J connectivity index is 1.69. The van der Waals surface area contributed by atoms with Crippen LogP contribution in [0.25, 0.3) is 0 Å². The zero-order valence-corrected chi connectivity index (χ0v) is 15.7. The van der Waals surface area contributed by atoms with Gasteiger partial charge >= 0.3 is 6.18 Å². The molecule has 1 aliphatic heterocycles. The third-order valence-electron chi connectivity index (χ3n) is 5.00. The zero-order valence-electron chi connectivity index (χ0n) is 15.7. The highest BCUT2D eigenvalue weighted by atomic mass is 19.4. The number of nitrogens with zero attached hydrogens (tertiary/aromatic N) is 4. The van der Waals surface area contributed by atoms with Gasteiger partial charge in [-0.05, 0) is 36.9 Å². The summed E-state index contributed by atoms with van der Waals surface area (Å²) in [4.78, 5) is 14.0. The summed E-state index contributed by atoms with van der Waals surface area (Å²) >= 11 is 0. The Kier molecular flexibility index (Phi) is 6.34. The SMILES string of the molecule is NCCC(CC(=O)N1CCn2c(nnc2C(F)(F)F)C1)Cc1cc(F)c(F)cc1F. The van der Waals surface area contributed by atoms with Crippen molar-refractivity contribution in [3.8, 4) is 0 Å². The van der Waals surface area contributed by atoms with Gasteiger partial charge in [-0.3, -0.25) is 4.79 Å². The molecule has 2 N–H and O–H groups in total. The minimum Gasteiger partial charge on any atom is -0.333 e. The largest absolute Gasteiger partial charge is 0.451 e. The second-order valence-electron chi connectivity index (χ2n) is 7.11. The molecule has 0 bridgehead atoms. The number of halogens is 6. The summed E-state index contributed by atoms with van der Waals surface area (Å²) in [5, 5.41) is 6.68. The molecule has 1 aromatic carbocycles. The van der Waals surface area contributed by atoms with Crippen LogP contribution in [0.3, 0.4) is 0 Å². The predicted octanol–water partition coefficient (Wildman–Crippen LogP) is 2.65. The average molecular weight is 435 g/mol. The maximum atomic E-state index is 13.9. The summed E-state index contributed by atoms with van der Waals surface area (Å²) in [5.41, 5.74) is 5.48. The summed E-state index contributed by atoms with van der Waals surface area (Å²) in [6, 6.07) is 1.20. The van der Waals surface area contributed by atoms with Crippen molar-refractivity contribution in [2.24, 2.45) is 11.7 Å². The third kappa shape index (κ3) is 4.74. The monoisotopic (exact) mass is 435 g/mol. The van der Waals surface area contributed by atoms with E-state index in [1.807, 2.05) is 0 Å². The highest BCUT2D eigenvalue weighted by Crippen LogP contribution is 2.30. The lowest BCUT2D eigenvalue weighted by Crippen LogP contribution is -2.40. The number of hydrogen-bond donors (Lipinski definition) is 1. The van der Waals surface area contributed by atoms with Crippen LogP contribution in [0.2, 0.25) is 0 Å². The maximum absolute atomic E-state index is 13.9. The molecule has 0 saturated heterocycles. The number of aromatic nitrogens is 3. The molecule has 1 atom stereocenters. The lowest BCUT2D eigenvalue weighted by Gasteiger charge is -2.29. The summed E-state index contributed by atoms with van der Waals surface area (Å²) in [7, 11) is 0. The normalized spacial score (nSPS) is 15.2. The van der Waals surface area contributed by atoms with Crippen LogP contribution in [0.15, 0.2) is 12.1 Å². The molecule has 2 aromatic rings. The minimum absolute atomic E-state index is 0.0175. The van der Waals surface area contributed by atoms with E-state index in [0.29, 0.717) is 12.5 Å². The van der Waals surface area contributed by atoms with E-state index in [0.717, 1.165) is 10.6 Å². The van der Waals surface area contributed by atoms with Gasteiger partial charge in [-0.1, -0.05) is 0 Å². The molecule has 2 heterocycles. The smallest absolute Gasteiger partial charge is 0.333 e. The molecule has 164 valence electrons. The van der Waals surface area contributed by atoms with Crippen LogP contribution < -0.4 is 5.73 Å². The van der Waals surface area contributed by atoms with Crippen molar-refractivity contribution < 1.29 is 31.1 Å². The average Bonchev–Trinajstić information content (AvgIpc) is 3.09. The Morgan fingerprint density at radius 1 is 1.10 bits per heavy atom. The highest BCUT2D eigenvalue weighted by Gasteiger charge is 2.40. The van der Waals surface area contributed by atoms with E-state index in [4.69, 9.17) is 5.73 Å². The van der Waals surface area contributed by atoms with Crippen molar-refractivity contribution in [3.63, 3.8) is 0 Å². The van der Waals surface area contributed by atoms with Crippen molar-refractivity contribution in [1.82, 2.24) is 19.7 Å². The topological polar surface area (TPSA) is 77.0 Å². The number of benzene rings is 1. The van der Waals surface area contributed by atoms with E-state index in [-0.39, 0.29) is 56.3 Å². The standard InChI is InChI=1S/C18H19F6N5O/c19-12-8-14(21)13(20)7-11(12)5-10(1-2-25)6-16(30)28-3-4-29-15(9-28)26-27-17(29)18(22,23)24/h7-8,10H,1-6,9,25H2. The second kappa shape index (κ2) is 8.62. The van der Waals surface area contributed by atoms with Crippen molar-refractivity contribution in [2.75, 3.05) is 13.1 Å². The molecular formula is C18H19F6N5O. The van der Waals surface area contributed by atoms with Gasteiger partial charge in [-0.25, -0.2) is 13.2 Å². The quantitative estimate of drug-likeness (QED) is 0.559. The van der Waals surface area contributed by atoms with E-state index in [9.17, 15) is 31.1 Å². The molecule has 0 saturated carbocycles. The summed E-state index contributed by atoms with van der Waals surface area (Å²) in [6.07, 6.45) is -4.42. The zero-order chi connectivity index (χ0) is 22.1. The summed E-state index contributed by atoms with van der Waals surface area (Å²) in [5.74, 6) is -5.34. The van der Waals surface area contributed by atoms with Gasteiger partial charge in [0.25, 0.3) is 0 Å². The number of carbonyl (C=O) groups is 1. The van der Waals surface area contributed by atoms with Crippen LogP contribution >= 0.6 is 0 Å². The first-order chi connectivity index (χ1) is 14.1. The first kappa shape index (κ1) is 22.1. The van der Waals surface area contributed by atoms with E-state index in [1.165, 1.54) is 4.90 Å². The fourth-order valence-corrected chi connectivity index (χ4v) is 3.50. The fourth-order valence-electron chi connectivity index (χ4n) is 3.50. The Hall–Kier alpha value is -2.63. The molecule has 0 fully saturated rings.